The zero-order valence-electron chi connectivity index (χ0n) is 11.9. The first-order valence-electron chi connectivity index (χ1n) is 6.78. The number of carbonyl (C=O) groups is 1. The summed E-state index contributed by atoms with van der Waals surface area (Å²) < 4.78 is 1.81. The van der Waals surface area contributed by atoms with Crippen molar-refractivity contribution in [3.63, 3.8) is 0 Å². The van der Waals surface area contributed by atoms with Crippen molar-refractivity contribution >= 4 is 23.1 Å². The largest absolute Gasteiger partial charge is 0.310 e. The molecule has 2 rings (SSSR count). The number of carbonyl (C=O) groups excluding carboxylic acids is 1. The van der Waals surface area contributed by atoms with Crippen LogP contribution >= 0.6 is 11.3 Å². The molecule has 0 aliphatic carbocycles. The number of nitrogens with zero attached hydrogens (tertiary/aromatic N) is 3. The Hall–Kier alpha value is -1.66. The highest BCUT2D eigenvalue weighted by Gasteiger charge is 2.10. The quantitative estimate of drug-likeness (QED) is 0.851. The zero-order chi connectivity index (χ0) is 14.4. The lowest BCUT2D eigenvalue weighted by atomic mass is 10.3. The van der Waals surface area contributed by atoms with Gasteiger partial charge < -0.3 is 5.32 Å². The number of aromatic nitrogens is 2. The van der Waals surface area contributed by atoms with Gasteiger partial charge in [0.05, 0.1) is 19.3 Å². The molecule has 0 fully saturated rings. The number of nitrogens with one attached hydrogen (secondary N) is 1. The van der Waals surface area contributed by atoms with Crippen LogP contribution in [0.2, 0.25) is 0 Å². The molecule has 2 aromatic heterocycles. The lowest BCUT2D eigenvalue weighted by molar-refractivity contribution is -0.117. The number of amides is 1. The predicted molar refractivity (Wildman–Crippen MR) is 82.1 cm³/mol. The highest BCUT2D eigenvalue weighted by Crippen LogP contribution is 2.12. The van der Waals surface area contributed by atoms with Crippen LogP contribution in [0.5, 0.6) is 0 Å². The SMILES string of the molecule is CCN(CC)CC(=O)Nc1ccnn1Cc1ccsc1. The van der Waals surface area contributed by atoms with E-state index in [1.165, 1.54) is 5.56 Å². The van der Waals surface area contributed by atoms with Crippen LogP contribution < -0.4 is 5.32 Å². The molecule has 0 unspecified atom stereocenters. The number of rotatable bonds is 7. The van der Waals surface area contributed by atoms with E-state index >= 15 is 0 Å². The van der Waals surface area contributed by atoms with Crippen molar-refractivity contribution in [1.82, 2.24) is 14.7 Å². The van der Waals surface area contributed by atoms with Crippen LogP contribution in [0, 0.1) is 0 Å². The van der Waals surface area contributed by atoms with Crippen LogP contribution in [-0.4, -0.2) is 40.2 Å². The minimum atomic E-state index is 0.000712. The van der Waals surface area contributed by atoms with Gasteiger partial charge in [-0.05, 0) is 35.5 Å². The summed E-state index contributed by atoms with van der Waals surface area (Å²) in [5.74, 6) is 0.745. The van der Waals surface area contributed by atoms with E-state index in [-0.39, 0.29) is 5.91 Å². The Morgan fingerprint density at radius 2 is 2.20 bits per heavy atom. The molecule has 0 radical (unpaired) electrons. The molecule has 1 N–H and O–H groups in total. The maximum absolute atomic E-state index is 12.0. The second-order valence-electron chi connectivity index (χ2n) is 4.52. The molecule has 0 saturated heterocycles. The van der Waals surface area contributed by atoms with E-state index in [0.717, 1.165) is 18.9 Å². The van der Waals surface area contributed by atoms with Gasteiger partial charge in [-0.25, -0.2) is 4.68 Å². The smallest absolute Gasteiger partial charge is 0.239 e. The molecule has 108 valence electrons. The first-order chi connectivity index (χ1) is 9.72. The maximum atomic E-state index is 12.0. The van der Waals surface area contributed by atoms with Crippen LogP contribution in [0.15, 0.2) is 29.1 Å². The molecule has 0 saturated carbocycles. The van der Waals surface area contributed by atoms with Crippen LogP contribution in [-0.2, 0) is 11.3 Å². The number of hydrogen-bond acceptors (Lipinski definition) is 4. The fourth-order valence-corrected chi connectivity index (χ4v) is 2.61. The molecule has 1 amide bonds. The Morgan fingerprint density at radius 1 is 1.40 bits per heavy atom. The highest BCUT2D eigenvalue weighted by molar-refractivity contribution is 7.07. The van der Waals surface area contributed by atoms with Crippen LogP contribution in [0.3, 0.4) is 0 Å². The molecule has 5 nitrogen and oxygen atoms in total. The minimum absolute atomic E-state index is 0.000712. The van der Waals surface area contributed by atoms with Gasteiger partial charge in [0.15, 0.2) is 0 Å². The van der Waals surface area contributed by atoms with Crippen LogP contribution in [0.25, 0.3) is 0 Å². The third-order valence-corrected chi connectivity index (χ3v) is 3.89. The van der Waals surface area contributed by atoms with E-state index < -0.39 is 0 Å². The van der Waals surface area contributed by atoms with Crippen molar-refractivity contribution in [2.75, 3.05) is 25.0 Å². The van der Waals surface area contributed by atoms with E-state index in [0.29, 0.717) is 13.1 Å². The first kappa shape index (κ1) is 14.7. The van der Waals surface area contributed by atoms with Crippen molar-refractivity contribution in [2.24, 2.45) is 0 Å². The summed E-state index contributed by atoms with van der Waals surface area (Å²) in [5, 5.41) is 11.3. The van der Waals surface area contributed by atoms with Gasteiger partial charge in [-0.3, -0.25) is 9.69 Å². The Labute approximate surface area is 123 Å². The van der Waals surface area contributed by atoms with Crippen molar-refractivity contribution in [2.45, 2.75) is 20.4 Å². The van der Waals surface area contributed by atoms with Crippen LogP contribution in [0.4, 0.5) is 5.82 Å². The molecular weight excluding hydrogens is 272 g/mol. The van der Waals surface area contributed by atoms with E-state index in [1.807, 2.05) is 16.1 Å². The number of anilines is 1. The Morgan fingerprint density at radius 3 is 2.85 bits per heavy atom. The summed E-state index contributed by atoms with van der Waals surface area (Å²) in [6, 6.07) is 3.89. The molecule has 2 aromatic rings. The predicted octanol–water partition coefficient (Wildman–Crippen LogP) is 2.27. The fraction of sp³-hybridized carbons (Fsp3) is 0.429. The van der Waals surface area contributed by atoms with Gasteiger partial charge in [-0.1, -0.05) is 13.8 Å². The van der Waals surface area contributed by atoms with Gasteiger partial charge in [0, 0.05) is 6.07 Å². The van der Waals surface area contributed by atoms with Crippen molar-refractivity contribution in [3.05, 3.63) is 34.7 Å². The van der Waals surface area contributed by atoms with Crippen molar-refractivity contribution in [3.8, 4) is 0 Å². The standard InChI is InChI=1S/C14H20N4OS/c1-3-17(4-2)10-14(19)16-13-5-7-15-18(13)9-12-6-8-20-11-12/h5-8,11H,3-4,9-10H2,1-2H3,(H,16,19). The molecule has 0 aliphatic rings. The average molecular weight is 292 g/mol. The fourth-order valence-electron chi connectivity index (χ4n) is 1.95. The van der Waals surface area contributed by atoms with Gasteiger partial charge in [-0.15, -0.1) is 0 Å². The van der Waals surface area contributed by atoms with Gasteiger partial charge in [0.2, 0.25) is 5.91 Å². The molecule has 0 bridgehead atoms. The lowest BCUT2D eigenvalue weighted by Crippen LogP contribution is -2.33. The monoisotopic (exact) mass is 292 g/mol. The third kappa shape index (κ3) is 3.91. The Balaban J connectivity index is 1.96. The highest BCUT2D eigenvalue weighted by atomic mass is 32.1. The Bertz CT molecular complexity index is 531. The minimum Gasteiger partial charge on any atom is -0.310 e. The second kappa shape index (κ2) is 7.21. The molecule has 6 heteroatoms. The average Bonchev–Trinajstić information content (AvgIpc) is 3.09. The summed E-state index contributed by atoms with van der Waals surface area (Å²) in [4.78, 5) is 14.1. The molecular formula is C14H20N4OS. The topological polar surface area (TPSA) is 50.2 Å². The summed E-state index contributed by atoms with van der Waals surface area (Å²) in [5.41, 5.74) is 1.19. The number of thiophene rings is 1. The van der Waals surface area contributed by atoms with Gasteiger partial charge in [0.25, 0.3) is 0 Å². The van der Waals surface area contributed by atoms with E-state index in [4.69, 9.17) is 0 Å². The molecule has 0 spiro atoms. The summed E-state index contributed by atoms with van der Waals surface area (Å²) in [7, 11) is 0. The zero-order valence-corrected chi connectivity index (χ0v) is 12.7. The summed E-state index contributed by atoms with van der Waals surface area (Å²) in [6.45, 7) is 6.94. The second-order valence-corrected chi connectivity index (χ2v) is 5.30. The first-order valence-corrected chi connectivity index (χ1v) is 7.72. The van der Waals surface area contributed by atoms with E-state index in [1.54, 1.807) is 17.5 Å². The summed E-state index contributed by atoms with van der Waals surface area (Å²) >= 11 is 1.66. The molecule has 0 aliphatic heterocycles. The maximum Gasteiger partial charge on any atom is 0.239 e. The molecule has 0 aromatic carbocycles. The number of hydrogen-bond donors (Lipinski definition) is 1. The molecule has 0 atom stereocenters. The lowest BCUT2D eigenvalue weighted by Gasteiger charge is -2.17. The van der Waals surface area contributed by atoms with Crippen molar-refractivity contribution in [1.29, 1.82) is 0 Å². The molecule has 20 heavy (non-hydrogen) atoms. The van der Waals surface area contributed by atoms with E-state index in [9.17, 15) is 4.79 Å². The normalized spacial score (nSPS) is 10.9. The summed E-state index contributed by atoms with van der Waals surface area (Å²) in [6.07, 6.45) is 1.71. The van der Waals surface area contributed by atoms with Gasteiger partial charge >= 0.3 is 0 Å². The number of likely N-dealkylation sites (N-methyl/N-ethyl adjacent to an activating group) is 1. The van der Waals surface area contributed by atoms with Crippen molar-refractivity contribution < 1.29 is 4.79 Å². The Kier molecular flexibility index (Phi) is 5.31. The van der Waals surface area contributed by atoms with Gasteiger partial charge in [0.1, 0.15) is 5.82 Å². The van der Waals surface area contributed by atoms with Gasteiger partial charge in [-0.2, -0.15) is 16.4 Å². The van der Waals surface area contributed by atoms with Crippen LogP contribution in [0.1, 0.15) is 19.4 Å². The molecule has 2 heterocycles. The third-order valence-electron chi connectivity index (χ3n) is 3.16. The van der Waals surface area contributed by atoms with E-state index in [2.05, 4.69) is 40.6 Å².